The van der Waals surface area contributed by atoms with E-state index in [1.54, 1.807) is 7.11 Å². The van der Waals surface area contributed by atoms with E-state index in [0.29, 0.717) is 31.7 Å². The summed E-state index contributed by atoms with van der Waals surface area (Å²) in [6.45, 7) is 3.34. The van der Waals surface area contributed by atoms with Crippen LogP contribution in [0.5, 0.6) is 0 Å². The zero-order valence-corrected chi connectivity index (χ0v) is 15.2. The number of hydrogen-bond donors (Lipinski definition) is 1. The predicted octanol–water partition coefficient (Wildman–Crippen LogP) is 2.71. The van der Waals surface area contributed by atoms with Gasteiger partial charge in [-0.1, -0.05) is 12.1 Å². The third-order valence-corrected chi connectivity index (χ3v) is 5.97. The molecule has 0 radical (unpaired) electrons. The van der Waals surface area contributed by atoms with Crippen molar-refractivity contribution in [2.75, 3.05) is 33.9 Å². The second kappa shape index (κ2) is 6.15. The highest BCUT2D eigenvalue weighted by molar-refractivity contribution is 5.88. The van der Waals surface area contributed by atoms with Crippen molar-refractivity contribution in [1.29, 1.82) is 0 Å². The lowest BCUT2D eigenvalue weighted by Gasteiger charge is -2.49. The highest BCUT2D eigenvalue weighted by atomic mass is 16.5. The first-order chi connectivity index (χ1) is 12.1. The van der Waals surface area contributed by atoms with Gasteiger partial charge in [0.25, 0.3) is 0 Å². The minimum Gasteiger partial charge on any atom is -0.465 e. The number of carbonyl (C=O) groups excluding carboxylic acids is 1. The molecule has 1 aliphatic carbocycles. The molecule has 0 spiro atoms. The number of piperidine rings is 1. The normalized spacial score (nSPS) is 28.8. The molecule has 0 bridgehead atoms. The zero-order chi connectivity index (χ0) is 17.6. The summed E-state index contributed by atoms with van der Waals surface area (Å²) in [7, 11) is 3.79. The number of esters is 1. The summed E-state index contributed by atoms with van der Waals surface area (Å²) in [6.07, 6.45) is 3.93. The summed E-state index contributed by atoms with van der Waals surface area (Å²) in [5, 5.41) is 1.34. The number of aromatic nitrogens is 1. The van der Waals surface area contributed by atoms with Crippen LogP contribution in [0.2, 0.25) is 0 Å². The van der Waals surface area contributed by atoms with Gasteiger partial charge in [-0.3, -0.25) is 4.79 Å². The molecule has 0 saturated carbocycles. The standard InChI is InChI=1S/C20H26N2O3/c1-4-25-19(23)20(12-24-3)9-15-14-6-5-7-16-18(14)13(10-21-16)8-17(15)22(2)11-20/h5-7,10,15,17,21H,4,8-9,11-12H2,1-3H3/t15-,17-,20-/m1/s1. The fourth-order valence-electron chi connectivity index (χ4n) is 4.99. The number of H-pyrrole nitrogens is 1. The first-order valence-electron chi connectivity index (χ1n) is 9.05. The van der Waals surface area contributed by atoms with Crippen LogP contribution < -0.4 is 0 Å². The van der Waals surface area contributed by atoms with Crippen LogP contribution in [0.3, 0.4) is 0 Å². The molecule has 5 nitrogen and oxygen atoms in total. The largest absolute Gasteiger partial charge is 0.465 e. The van der Waals surface area contributed by atoms with Crippen molar-refractivity contribution in [3.8, 4) is 0 Å². The quantitative estimate of drug-likeness (QED) is 0.868. The number of fused-ring (bicyclic) bond motifs is 2. The highest BCUT2D eigenvalue weighted by Crippen LogP contribution is 2.48. The van der Waals surface area contributed by atoms with Crippen molar-refractivity contribution in [2.45, 2.75) is 31.7 Å². The molecular weight excluding hydrogens is 316 g/mol. The molecule has 134 valence electrons. The Hall–Kier alpha value is -1.85. The summed E-state index contributed by atoms with van der Waals surface area (Å²) < 4.78 is 10.9. The Morgan fingerprint density at radius 3 is 3.04 bits per heavy atom. The number of likely N-dealkylation sites (N-methyl/N-ethyl adjacent to an activating group) is 1. The second-order valence-corrected chi connectivity index (χ2v) is 7.51. The van der Waals surface area contributed by atoms with Gasteiger partial charge < -0.3 is 19.4 Å². The average molecular weight is 342 g/mol. The molecule has 1 saturated heterocycles. The van der Waals surface area contributed by atoms with Gasteiger partial charge in [-0.25, -0.2) is 0 Å². The molecule has 25 heavy (non-hydrogen) atoms. The van der Waals surface area contributed by atoms with E-state index in [9.17, 15) is 4.79 Å². The van der Waals surface area contributed by atoms with Crippen LogP contribution >= 0.6 is 0 Å². The van der Waals surface area contributed by atoms with Crippen molar-refractivity contribution >= 4 is 16.9 Å². The van der Waals surface area contributed by atoms with Gasteiger partial charge in [0.05, 0.1) is 13.2 Å². The smallest absolute Gasteiger partial charge is 0.315 e. The van der Waals surface area contributed by atoms with Gasteiger partial charge in [-0.05, 0) is 44.0 Å². The van der Waals surface area contributed by atoms with Crippen LogP contribution in [-0.4, -0.2) is 55.8 Å². The monoisotopic (exact) mass is 342 g/mol. The molecule has 1 N–H and O–H groups in total. The molecule has 2 heterocycles. The Bertz CT molecular complexity index is 799. The Balaban J connectivity index is 1.78. The lowest BCUT2D eigenvalue weighted by atomic mass is 9.66. The van der Waals surface area contributed by atoms with Gasteiger partial charge in [0.1, 0.15) is 5.41 Å². The summed E-state index contributed by atoms with van der Waals surface area (Å²) in [4.78, 5) is 18.6. The number of nitrogens with zero attached hydrogens (tertiary/aromatic N) is 1. The lowest BCUT2D eigenvalue weighted by Crippen LogP contribution is -2.57. The molecule has 1 aromatic carbocycles. The van der Waals surface area contributed by atoms with E-state index in [1.807, 2.05) is 6.92 Å². The third kappa shape index (κ3) is 2.49. The minimum absolute atomic E-state index is 0.130. The SMILES string of the molecule is CCOC(=O)[C@]1(COC)C[C@@H]2c3cccc4[nH]cc(c34)C[C@H]2N(C)C1. The number of ether oxygens (including phenoxy) is 2. The molecule has 5 heteroatoms. The maximum Gasteiger partial charge on any atom is 0.315 e. The van der Waals surface area contributed by atoms with Crippen LogP contribution in [0.4, 0.5) is 0 Å². The number of rotatable bonds is 4. The van der Waals surface area contributed by atoms with E-state index >= 15 is 0 Å². The van der Waals surface area contributed by atoms with Crippen molar-refractivity contribution in [3.63, 3.8) is 0 Å². The van der Waals surface area contributed by atoms with Crippen molar-refractivity contribution in [1.82, 2.24) is 9.88 Å². The van der Waals surface area contributed by atoms with Gasteiger partial charge in [0.2, 0.25) is 0 Å². The Labute approximate surface area is 148 Å². The molecule has 1 aliphatic heterocycles. The molecule has 2 aliphatic rings. The van der Waals surface area contributed by atoms with Gasteiger partial charge in [0, 0.05) is 42.7 Å². The van der Waals surface area contributed by atoms with Gasteiger partial charge in [-0.2, -0.15) is 0 Å². The molecule has 2 aromatic rings. The summed E-state index contributed by atoms with van der Waals surface area (Å²) in [6, 6.07) is 6.87. The first-order valence-corrected chi connectivity index (χ1v) is 9.05. The number of hydrogen-bond acceptors (Lipinski definition) is 4. The molecule has 1 aromatic heterocycles. The highest BCUT2D eigenvalue weighted by Gasteiger charge is 2.51. The number of carbonyl (C=O) groups is 1. The lowest BCUT2D eigenvalue weighted by molar-refractivity contribution is -0.165. The van der Waals surface area contributed by atoms with Gasteiger partial charge in [-0.15, -0.1) is 0 Å². The minimum atomic E-state index is -0.601. The fourth-order valence-corrected chi connectivity index (χ4v) is 4.99. The van der Waals surface area contributed by atoms with E-state index in [4.69, 9.17) is 9.47 Å². The second-order valence-electron chi connectivity index (χ2n) is 7.51. The fraction of sp³-hybridized carbons (Fsp3) is 0.550. The third-order valence-electron chi connectivity index (χ3n) is 5.97. The van der Waals surface area contributed by atoms with Crippen LogP contribution in [0.25, 0.3) is 10.9 Å². The summed E-state index contributed by atoms with van der Waals surface area (Å²) >= 11 is 0. The number of benzene rings is 1. The molecule has 3 atom stereocenters. The Kier molecular flexibility index (Phi) is 4.08. The van der Waals surface area contributed by atoms with Crippen molar-refractivity contribution < 1.29 is 14.3 Å². The summed E-state index contributed by atoms with van der Waals surface area (Å²) in [5.41, 5.74) is 3.32. The molecular formula is C20H26N2O3. The maximum atomic E-state index is 12.8. The van der Waals surface area contributed by atoms with Gasteiger partial charge >= 0.3 is 5.97 Å². The number of nitrogens with one attached hydrogen (secondary N) is 1. The van der Waals surface area contributed by atoms with Crippen molar-refractivity contribution in [3.05, 3.63) is 35.5 Å². The van der Waals surface area contributed by atoms with Gasteiger partial charge in [0.15, 0.2) is 0 Å². The van der Waals surface area contributed by atoms with Crippen LogP contribution in [0, 0.1) is 5.41 Å². The molecule has 0 unspecified atom stereocenters. The van der Waals surface area contributed by atoms with E-state index in [0.717, 1.165) is 12.8 Å². The van der Waals surface area contributed by atoms with E-state index in [1.165, 1.54) is 22.0 Å². The Morgan fingerprint density at radius 1 is 1.44 bits per heavy atom. The van der Waals surface area contributed by atoms with Crippen LogP contribution in [0.1, 0.15) is 30.4 Å². The maximum absolute atomic E-state index is 12.8. The number of methoxy groups -OCH3 is 1. The van der Waals surface area contributed by atoms with Crippen molar-refractivity contribution in [2.24, 2.45) is 5.41 Å². The van der Waals surface area contributed by atoms with E-state index in [2.05, 4.69) is 41.3 Å². The molecule has 4 rings (SSSR count). The topological polar surface area (TPSA) is 54.6 Å². The number of aromatic amines is 1. The predicted molar refractivity (Wildman–Crippen MR) is 96.7 cm³/mol. The zero-order valence-electron chi connectivity index (χ0n) is 15.2. The Morgan fingerprint density at radius 2 is 2.28 bits per heavy atom. The molecule has 1 fully saturated rings. The van der Waals surface area contributed by atoms with Crippen LogP contribution in [0.15, 0.2) is 24.4 Å². The number of likely N-dealkylation sites (tertiary alicyclic amines) is 1. The van der Waals surface area contributed by atoms with Crippen LogP contribution in [-0.2, 0) is 20.7 Å². The molecule has 0 amide bonds. The summed E-state index contributed by atoms with van der Waals surface area (Å²) in [5.74, 6) is 0.180. The first kappa shape index (κ1) is 16.6. The van der Waals surface area contributed by atoms with E-state index in [-0.39, 0.29) is 5.97 Å². The van der Waals surface area contributed by atoms with E-state index < -0.39 is 5.41 Å². The average Bonchev–Trinajstić information content (AvgIpc) is 3.01.